The van der Waals surface area contributed by atoms with Gasteiger partial charge < -0.3 is 5.32 Å². The van der Waals surface area contributed by atoms with Gasteiger partial charge in [-0.1, -0.05) is 46.4 Å². The molecule has 2 rings (SSSR count). The molecule has 0 aromatic carbocycles. The minimum absolute atomic E-state index is 0.453. The number of rotatable bonds is 1. The van der Waals surface area contributed by atoms with E-state index >= 15 is 0 Å². The molecule has 2 nitrogen and oxygen atoms in total. The Bertz CT molecular complexity index is 304. The smallest absolute Gasteiger partial charge is 0.157 e. The molecular formula is C14H26N2S. The third-order valence-electron chi connectivity index (χ3n) is 3.69. The van der Waals surface area contributed by atoms with Crippen LogP contribution in [0.3, 0.4) is 0 Å². The number of nitrogens with zero attached hydrogens (tertiary/aromatic N) is 1. The summed E-state index contributed by atoms with van der Waals surface area (Å²) in [4.78, 5) is 4.57. The van der Waals surface area contributed by atoms with Crippen LogP contribution in [0.15, 0.2) is 4.99 Å². The summed E-state index contributed by atoms with van der Waals surface area (Å²) in [6.07, 6.45) is 3.86. The summed E-state index contributed by atoms with van der Waals surface area (Å²) in [5, 5.41) is 5.50. The third-order valence-corrected chi connectivity index (χ3v) is 4.71. The Morgan fingerprint density at radius 2 is 1.76 bits per heavy atom. The van der Waals surface area contributed by atoms with Gasteiger partial charge >= 0.3 is 0 Å². The first-order chi connectivity index (χ1) is 7.76. The van der Waals surface area contributed by atoms with Crippen LogP contribution in [0, 0.1) is 10.8 Å². The summed E-state index contributed by atoms with van der Waals surface area (Å²) in [5.41, 5.74) is 0.906. The zero-order valence-corrected chi connectivity index (χ0v) is 12.7. The fourth-order valence-corrected chi connectivity index (χ4v) is 4.59. The average molecular weight is 254 g/mol. The van der Waals surface area contributed by atoms with Crippen molar-refractivity contribution in [2.45, 2.75) is 65.2 Å². The Labute approximate surface area is 110 Å². The van der Waals surface area contributed by atoms with Crippen LogP contribution in [0.25, 0.3) is 0 Å². The van der Waals surface area contributed by atoms with Crippen LogP contribution in [0.1, 0.15) is 53.9 Å². The summed E-state index contributed by atoms with van der Waals surface area (Å²) < 4.78 is 0. The predicted octanol–water partition coefficient (Wildman–Crippen LogP) is 3.67. The fourth-order valence-electron chi connectivity index (χ4n) is 3.68. The van der Waals surface area contributed by atoms with Gasteiger partial charge in [-0.3, -0.25) is 4.99 Å². The lowest BCUT2D eigenvalue weighted by atomic mass is 9.63. The van der Waals surface area contributed by atoms with Crippen molar-refractivity contribution in [3.63, 3.8) is 0 Å². The zero-order valence-electron chi connectivity index (χ0n) is 11.8. The zero-order chi connectivity index (χ0) is 12.7. The molecule has 0 bridgehead atoms. The second kappa shape index (κ2) is 4.49. The quantitative estimate of drug-likeness (QED) is 0.772. The van der Waals surface area contributed by atoms with Crippen molar-refractivity contribution in [2.24, 2.45) is 15.8 Å². The van der Waals surface area contributed by atoms with E-state index in [4.69, 9.17) is 0 Å². The van der Waals surface area contributed by atoms with Gasteiger partial charge in [0.25, 0.3) is 0 Å². The molecule has 1 aliphatic carbocycles. The van der Waals surface area contributed by atoms with Crippen LogP contribution in [0.2, 0.25) is 0 Å². The molecule has 0 saturated heterocycles. The highest BCUT2D eigenvalue weighted by Crippen LogP contribution is 2.45. The molecule has 98 valence electrons. The van der Waals surface area contributed by atoms with E-state index in [9.17, 15) is 0 Å². The monoisotopic (exact) mass is 254 g/mol. The average Bonchev–Trinajstić information content (AvgIpc) is 2.44. The van der Waals surface area contributed by atoms with E-state index in [1.807, 2.05) is 11.8 Å². The fraction of sp³-hybridized carbons (Fsp3) is 0.929. The van der Waals surface area contributed by atoms with Crippen LogP contribution in [-0.2, 0) is 0 Å². The molecule has 1 unspecified atom stereocenters. The van der Waals surface area contributed by atoms with E-state index in [1.54, 1.807) is 0 Å². The van der Waals surface area contributed by atoms with Crippen LogP contribution in [-0.4, -0.2) is 23.0 Å². The molecule has 17 heavy (non-hydrogen) atoms. The maximum atomic E-state index is 4.57. The van der Waals surface area contributed by atoms with E-state index in [1.165, 1.54) is 24.4 Å². The Hall–Kier alpha value is -0.180. The Balaban J connectivity index is 1.97. The normalized spacial score (nSPS) is 32.3. The molecule has 2 aliphatic rings. The lowest BCUT2D eigenvalue weighted by Gasteiger charge is -2.45. The number of amidine groups is 1. The Morgan fingerprint density at radius 1 is 1.18 bits per heavy atom. The van der Waals surface area contributed by atoms with Crippen molar-refractivity contribution in [3.05, 3.63) is 0 Å². The highest BCUT2D eigenvalue weighted by molar-refractivity contribution is 8.14. The minimum Gasteiger partial charge on any atom is -0.362 e. The van der Waals surface area contributed by atoms with Crippen molar-refractivity contribution in [1.82, 2.24) is 5.32 Å². The molecule has 0 spiro atoms. The van der Waals surface area contributed by atoms with E-state index in [0.29, 0.717) is 22.1 Å². The van der Waals surface area contributed by atoms with E-state index in [2.05, 4.69) is 44.9 Å². The SMILES string of the molecule is CC1CN=C(NC2CC(C)(C)CC(C)(C)C2)S1. The van der Waals surface area contributed by atoms with E-state index in [-0.39, 0.29) is 0 Å². The lowest BCUT2D eigenvalue weighted by molar-refractivity contribution is 0.0925. The molecule has 0 aromatic rings. The standard InChI is InChI=1S/C14H26N2S/c1-10-8-15-12(17-10)16-11-6-13(2,3)9-14(4,5)7-11/h10-11H,6-9H2,1-5H3,(H,15,16). The largest absolute Gasteiger partial charge is 0.362 e. The van der Waals surface area contributed by atoms with Gasteiger partial charge in [0.15, 0.2) is 5.17 Å². The lowest BCUT2D eigenvalue weighted by Crippen LogP contribution is -2.45. The van der Waals surface area contributed by atoms with Gasteiger partial charge in [-0.2, -0.15) is 0 Å². The van der Waals surface area contributed by atoms with Gasteiger partial charge in [0.1, 0.15) is 0 Å². The number of nitrogens with one attached hydrogen (secondary N) is 1. The van der Waals surface area contributed by atoms with Crippen molar-refractivity contribution in [1.29, 1.82) is 0 Å². The van der Waals surface area contributed by atoms with E-state index in [0.717, 1.165) is 6.54 Å². The summed E-state index contributed by atoms with van der Waals surface area (Å²) in [6, 6.07) is 0.602. The topological polar surface area (TPSA) is 24.4 Å². The molecule has 1 N–H and O–H groups in total. The molecule has 0 radical (unpaired) electrons. The predicted molar refractivity (Wildman–Crippen MR) is 77.7 cm³/mol. The molecule has 1 fully saturated rings. The molecule has 0 amide bonds. The molecule has 0 aromatic heterocycles. The summed E-state index contributed by atoms with van der Waals surface area (Å²) in [5.74, 6) is 0. The van der Waals surface area contributed by atoms with Crippen LogP contribution >= 0.6 is 11.8 Å². The van der Waals surface area contributed by atoms with Gasteiger partial charge in [0.2, 0.25) is 0 Å². The van der Waals surface area contributed by atoms with Crippen molar-refractivity contribution >= 4 is 16.9 Å². The molecule has 1 saturated carbocycles. The van der Waals surface area contributed by atoms with Crippen LogP contribution in [0.5, 0.6) is 0 Å². The Kier molecular flexibility index (Phi) is 3.50. The van der Waals surface area contributed by atoms with Crippen LogP contribution < -0.4 is 5.32 Å². The second-order valence-corrected chi connectivity index (χ2v) is 8.76. The Morgan fingerprint density at radius 3 is 2.24 bits per heavy atom. The first kappa shape index (κ1) is 13.3. The van der Waals surface area contributed by atoms with Gasteiger partial charge in [-0.25, -0.2) is 0 Å². The molecule has 1 aliphatic heterocycles. The molecular weight excluding hydrogens is 228 g/mol. The summed E-state index contributed by atoms with van der Waals surface area (Å²) in [6.45, 7) is 12.8. The highest BCUT2D eigenvalue weighted by atomic mass is 32.2. The maximum Gasteiger partial charge on any atom is 0.157 e. The van der Waals surface area contributed by atoms with Gasteiger partial charge in [-0.15, -0.1) is 0 Å². The maximum absolute atomic E-state index is 4.57. The number of hydrogen-bond acceptors (Lipinski definition) is 3. The van der Waals surface area contributed by atoms with Crippen molar-refractivity contribution < 1.29 is 0 Å². The second-order valence-electron chi connectivity index (χ2n) is 7.33. The van der Waals surface area contributed by atoms with Gasteiger partial charge in [0.05, 0.1) is 6.54 Å². The minimum atomic E-state index is 0.453. The van der Waals surface area contributed by atoms with Gasteiger partial charge in [0, 0.05) is 11.3 Å². The number of thioether (sulfide) groups is 1. The summed E-state index contributed by atoms with van der Waals surface area (Å²) >= 11 is 1.90. The first-order valence-electron chi connectivity index (χ1n) is 6.73. The first-order valence-corrected chi connectivity index (χ1v) is 7.61. The molecule has 1 atom stereocenters. The van der Waals surface area contributed by atoms with Crippen LogP contribution in [0.4, 0.5) is 0 Å². The molecule has 1 heterocycles. The van der Waals surface area contributed by atoms with Crippen molar-refractivity contribution in [3.8, 4) is 0 Å². The van der Waals surface area contributed by atoms with E-state index < -0.39 is 0 Å². The summed E-state index contributed by atoms with van der Waals surface area (Å²) in [7, 11) is 0. The van der Waals surface area contributed by atoms with Gasteiger partial charge in [-0.05, 0) is 30.1 Å². The highest BCUT2D eigenvalue weighted by Gasteiger charge is 2.38. The third kappa shape index (κ3) is 3.64. The molecule has 3 heteroatoms. The van der Waals surface area contributed by atoms with Crippen molar-refractivity contribution in [2.75, 3.05) is 6.54 Å². The number of hydrogen-bond donors (Lipinski definition) is 1. The number of aliphatic imine (C=N–C) groups is 1.